The topological polar surface area (TPSA) is 0 Å². The van der Waals surface area contributed by atoms with Gasteiger partial charge in [-0.15, -0.1) is 0 Å². The quantitative estimate of drug-likeness (QED) is 0.683. The van der Waals surface area contributed by atoms with Crippen molar-refractivity contribution in [2.45, 2.75) is 25.7 Å². The number of alkyl halides is 1. The molecule has 0 fully saturated rings. The molecule has 1 aromatic carbocycles. The van der Waals surface area contributed by atoms with Gasteiger partial charge >= 0.3 is 0 Å². The average molecular weight is 227 g/mol. The van der Waals surface area contributed by atoms with E-state index >= 15 is 0 Å². The second-order valence-electron chi connectivity index (χ2n) is 3.14. The van der Waals surface area contributed by atoms with Crippen molar-refractivity contribution in [3.8, 4) is 0 Å². The molecule has 1 rings (SSSR count). The second-order valence-corrected chi connectivity index (χ2v) is 3.94. The molecule has 0 radical (unpaired) electrons. The summed E-state index contributed by atoms with van der Waals surface area (Å²) >= 11 is 3.45. The minimum Gasteiger partial charge on any atom is -0.0928 e. The van der Waals surface area contributed by atoms with Crippen LogP contribution in [0.1, 0.15) is 31.2 Å². The van der Waals surface area contributed by atoms with Crippen LogP contribution in [0.25, 0.3) is 0 Å². The van der Waals surface area contributed by atoms with Crippen molar-refractivity contribution in [3.63, 3.8) is 0 Å². The van der Waals surface area contributed by atoms with E-state index in [0.29, 0.717) is 5.92 Å². The van der Waals surface area contributed by atoms with Crippen LogP contribution in [-0.2, 0) is 0 Å². The highest BCUT2D eigenvalue weighted by atomic mass is 79.9. The van der Waals surface area contributed by atoms with Crippen molar-refractivity contribution in [2.75, 3.05) is 5.33 Å². The SMILES string of the molecule is C[C@@H](CCCBr)c1ccccc1. The van der Waals surface area contributed by atoms with Gasteiger partial charge in [0.15, 0.2) is 0 Å². The fraction of sp³-hybridized carbons (Fsp3) is 0.455. The molecule has 0 aliphatic rings. The summed E-state index contributed by atoms with van der Waals surface area (Å²) in [6.45, 7) is 2.29. The van der Waals surface area contributed by atoms with Crippen LogP contribution in [0.15, 0.2) is 30.3 Å². The highest BCUT2D eigenvalue weighted by Gasteiger charge is 2.02. The van der Waals surface area contributed by atoms with Gasteiger partial charge in [0.25, 0.3) is 0 Å². The summed E-state index contributed by atoms with van der Waals surface area (Å²) in [5, 5.41) is 1.12. The molecule has 0 heterocycles. The van der Waals surface area contributed by atoms with Crippen LogP contribution in [-0.4, -0.2) is 5.33 Å². The fourth-order valence-corrected chi connectivity index (χ4v) is 1.66. The van der Waals surface area contributed by atoms with Crippen molar-refractivity contribution in [2.24, 2.45) is 0 Å². The maximum absolute atomic E-state index is 3.45. The summed E-state index contributed by atoms with van der Waals surface area (Å²) in [6, 6.07) is 10.7. The molecule has 0 unspecified atom stereocenters. The van der Waals surface area contributed by atoms with E-state index in [1.165, 1.54) is 18.4 Å². The standard InChI is InChI=1S/C11H15Br/c1-10(6-5-9-12)11-7-3-2-4-8-11/h2-4,7-8,10H,5-6,9H2,1H3/t10-/m0/s1. The van der Waals surface area contributed by atoms with Gasteiger partial charge in [-0.3, -0.25) is 0 Å². The largest absolute Gasteiger partial charge is 0.0928 e. The number of benzene rings is 1. The summed E-state index contributed by atoms with van der Waals surface area (Å²) in [6.07, 6.45) is 2.53. The Hall–Kier alpha value is -0.300. The number of hydrogen-bond donors (Lipinski definition) is 0. The van der Waals surface area contributed by atoms with Gasteiger partial charge < -0.3 is 0 Å². The Kier molecular flexibility index (Phi) is 4.37. The van der Waals surface area contributed by atoms with Gasteiger partial charge in [0.1, 0.15) is 0 Å². The number of halogens is 1. The summed E-state index contributed by atoms with van der Waals surface area (Å²) in [7, 11) is 0. The molecule has 0 N–H and O–H groups in total. The van der Waals surface area contributed by atoms with Crippen LogP contribution in [0.5, 0.6) is 0 Å². The molecule has 0 bridgehead atoms. The zero-order valence-corrected chi connectivity index (χ0v) is 9.05. The first-order valence-corrected chi connectivity index (χ1v) is 5.57. The molecular weight excluding hydrogens is 212 g/mol. The normalized spacial score (nSPS) is 12.8. The molecule has 0 aliphatic carbocycles. The van der Waals surface area contributed by atoms with Gasteiger partial charge in [-0.25, -0.2) is 0 Å². The molecule has 1 aromatic rings. The van der Waals surface area contributed by atoms with Crippen LogP contribution in [0.2, 0.25) is 0 Å². The van der Waals surface area contributed by atoms with E-state index in [9.17, 15) is 0 Å². The van der Waals surface area contributed by atoms with Gasteiger partial charge in [-0.1, -0.05) is 53.2 Å². The van der Waals surface area contributed by atoms with Gasteiger partial charge in [-0.2, -0.15) is 0 Å². The van der Waals surface area contributed by atoms with Crippen molar-refractivity contribution in [3.05, 3.63) is 35.9 Å². The molecular formula is C11H15Br. The van der Waals surface area contributed by atoms with Gasteiger partial charge in [0, 0.05) is 5.33 Å². The first-order valence-electron chi connectivity index (χ1n) is 4.45. The Bertz CT molecular complexity index is 206. The third kappa shape index (κ3) is 2.98. The Morgan fingerprint density at radius 2 is 1.92 bits per heavy atom. The van der Waals surface area contributed by atoms with Crippen LogP contribution in [0.3, 0.4) is 0 Å². The molecule has 0 amide bonds. The zero-order valence-electron chi connectivity index (χ0n) is 7.46. The molecule has 0 saturated carbocycles. The van der Waals surface area contributed by atoms with E-state index in [-0.39, 0.29) is 0 Å². The van der Waals surface area contributed by atoms with Gasteiger partial charge in [-0.05, 0) is 24.3 Å². The van der Waals surface area contributed by atoms with E-state index in [4.69, 9.17) is 0 Å². The summed E-state index contributed by atoms with van der Waals surface area (Å²) in [5.41, 5.74) is 1.46. The van der Waals surface area contributed by atoms with Crippen molar-refractivity contribution in [1.29, 1.82) is 0 Å². The van der Waals surface area contributed by atoms with Crippen LogP contribution in [0, 0.1) is 0 Å². The van der Waals surface area contributed by atoms with E-state index < -0.39 is 0 Å². The molecule has 0 saturated heterocycles. The van der Waals surface area contributed by atoms with Crippen molar-refractivity contribution < 1.29 is 0 Å². The predicted octanol–water partition coefficient (Wildman–Crippen LogP) is 3.97. The first kappa shape index (κ1) is 9.79. The lowest BCUT2D eigenvalue weighted by Crippen LogP contribution is -1.93. The maximum atomic E-state index is 3.45. The molecule has 0 aromatic heterocycles. The zero-order chi connectivity index (χ0) is 8.81. The highest BCUT2D eigenvalue weighted by molar-refractivity contribution is 9.09. The maximum Gasteiger partial charge on any atom is 0.00315 e. The molecule has 66 valence electrons. The molecule has 0 spiro atoms. The summed E-state index contributed by atoms with van der Waals surface area (Å²) in [5.74, 6) is 0.698. The number of rotatable bonds is 4. The Labute approximate surface area is 83.1 Å². The van der Waals surface area contributed by atoms with Crippen LogP contribution in [0.4, 0.5) is 0 Å². The molecule has 1 heteroatoms. The van der Waals surface area contributed by atoms with Crippen molar-refractivity contribution in [1.82, 2.24) is 0 Å². The summed E-state index contributed by atoms with van der Waals surface area (Å²) < 4.78 is 0. The molecule has 12 heavy (non-hydrogen) atoms. The Balaban J connectivity index is 2.48. The lowest BCUT2D eigenvalue weighted by molar-refractivity contribution is 0.671. The van der Waals surface area contributed by atoms with Crippen LogP contribution >= 0.6 is 15.9 Å². The lowest BCUT2D eigenvalue weighted by Gasteiger charge is -2.09. The number of hydrogen-bond acceptors (Lipinski definition) is 0. The third-order valence-electron chi connectivity index (χ3n) is 2.14. The summed E-state index contributed by atoms with van der Waals surface area (Å²) in [4.78, 5) is 0. The van der Waals surface area contributed by atoms with Gasteiger partial charge in [0.2, 0.25) is 0 Å². The minimum absolute atomic E-state index is 0.698. The third-order valence-corrected chi connectivity index (χ3v) is 2.70. The fourth-order valence-electron chi connectivity index (χ4n) is 1.33. The lowest BCUT2D eigenvalue weighted by atomic mass is 9.97. The van der Waals surface area contributed by atoms with E-state index in [0.717, 1.165) is 5.33 Å². The van der Waals surface area contributed by atoms with Crippen LogP contribution < -0.4 is 0 Å². The second kappa shape index (κ2) is 5.36. The van der Waals surface area contributed by atoms with E-state index in [1.807, 2.05) is 0 Å². The molecule has 0 nitrogen and oxygen atoms in total. The predicted molar refractivity (Wildman–Crippen MR) is 57.9 cm³/mol. The molecule has 0 aliphatic heterocycles. The average Bonchev–Trinajstić information content (AvgIpc) is 2.15. The van der Waals surface area contributed by atoms with Gasteiger partial charge in [0.05, 0.1) is 0 Å². The Morgan fingerprint density at radius 1 is 1.25 bits per heavy atom. The first-order chi connectivity index (χ1) is 5.84. The van der Waals surface area contributed by atoms with E-state index in [2.05, 4.69) is 53.2 Å². The monoisotopic (exact) mass is 226 g/mol. The van der Waals surface area contributed by atoms with Crippen molar-refractivity contribution >= 4 is 15.9 Å². The smallest absolute Gasteiger partial charge is 0.00315 e. The molecule has 1 atom stereocenters. The highest BCUT2D eigenvalue weighted by Crippen LogP contribution is 2.20. The van der Waals surface area contributed by atoms with E-state index in [1.54, 1.807) is 0 Å². The minimum atomic E-state index is 0.698. The Morgan fingerprint density at radius 3 is 2.50 bits per heavy atom.